The highest BCUT2D eigenvalue weighted by Crippen LogP contribution is 2.28. The minimum absolute atomic E-state index is 0.254. The van der Waals surface area contributed by atoms with Gasteiger partial charge >= 0.3 is 18.1 Å². The van der Waals surface area contributed by atoms with E-state index in [1.807, 2.05) is 0 Å². The molecular formula is C13H20F3NO3. The molecule has 0 aromatic carbocycles. The fourth-order valence-corrected chi connectivity index (χ4v) is 2.52. The number of alkyl halides is 3. The molecule has 1 saturated carbocycles. The van der Waals surface area contributed by atoms with Crippen LogP contribution in [0.2, 0.25) is 0 Å². The van der Waals surface area contributed by atoms with E-state index in [4.69, 9.17) is 0 Å². The van der Waals surface area contributed by atoms with Crippen molar-refractivity contribution in [3.05, 3.63) is 0 Å². The number of amides is 1. The molecule has 0 heterocycles. The molecule has 20 heavy (non-hydrogen) atoms. The molecule has 0 aromatic heterocycles. The predicted molar refractivity (Wildman–Crippen MR) is 65.8 cm³/mol. The highest BCUT2D eigenvalue weighted by molar-refractivity contribution is 5.83. The lowest BCUT2D eigenvalue weighted by molar-refractivity contribution is -0.189. The van der Waals surface area contributed by atoms with Crippen molar-refractivity contribution in [2.75, 3.05) is 13.7 Å². The molecule has 1 aliphatic carbocycles. The number of hydrogen-bond acceptors (Lipinski definition) is 3. The van der Waals surface area contributed by atoms with E-state index in [0.717, 1.165) is 24.2 Å². The molecule has 1 atom stereocenters. The molecule has 0 saturated heterocycles. The highest BCUT2D eigenvalue weighted by Gasteiger charge is 2.45. The lowest BCUT2D eigenvalue weighted by Crippen LogP contribution is -2.50. The molecule has 0 aromatic rings. The summed E-state index contributed by atoms with van der Waals surface area (Å²) in [6, 6.07) is -0.440. The summed E-state index contributed by atoms with van der Waals surface area (Å²) in [6.45, 7) is 1.21. The third kappa shape index (κ3) is 4.38. The van der Waals surface area contributed by atoms with Crippen LogP contribution in [0.1, 0.15) is 39.0 Å². The van der Waals surface area contributed by atoms with Gasteiger partial charge in [0.05, 0.1) is 13.0 Å². The van der Waals surface area contributed by atoms with Gasteiger partial charge in [-0.15, -0.1) is 0 Å². The molecule has 0 radical (unpaired) electrons. The Morgan fingerprint density at radius 3 is 2.25 bits per heavy atom. The number of carbonyl (C=O) groups excluding carboxylic acids is 2. The van der Waals surface area contributed by atoms with Crippen LogP contribution in [0.3, 0.4) is 0 Å². The van der Waals surface area contributed by atoms with Crippen LogP contribution < -0.4 is 0 Å². The number of hydrogen-bond donors (Lipinski definition) is 0. The minimum Gasteiger partial charge on any atom is -0.469 e. The van der Waals surface area contributed by atoms with E-state index in [1.54, 1.807) is 0 Å². The number of methoxy groups -OCH3 is 1. The Morgan fingerprint density at radius 2 is 1.80 bits per heavy atom. The van der Waals surface area contributed by atoms with Crippen molar-refractivity contribution in [1.82, 2.24) is 4.90 Å². The zero-order valence-electron chi connectivity index (χ0n) is 11.7. The van der Waals surface area contributed by atoms with Gasteiger partial charge in [0.25, 0.3) is 0 Å². The van der Waals surface area contributed by atoms with Gasteiger partial charge in [-0.25, -0.2) is 0 Å². The van der Waals surface area contributed by atoms with E-state index < -0.39 is 30.0 Å². The Labute approximate surface area is 116 Å². The second-order valence-electron chi connectivity index (χ2n) is 5.17. The lowest BCUT2D eigenvalue weighted by atomic mass is 9.93. The van der Waals surface area contributed by atoms with E-state index in [0.29, 0.717) is 12.8 Å². The zero-order chi connectivity index (χ0) is 15.3. The van der Waals surface area contributed by atoms with Crippen LogP contribution in [0.15, 0.2) is 0 Å². The number of esters is 1. The van der Waals surface area contributed by atoms with E-state index in [1.165, 1.54) is 14.0 Å². The van der Waals surface area contributed by atoms with Crippen molar-refractivity contribution >= 4 is 11.9 Å². The molecule has 0 aliphatic heterocycles. The number of halogens is 3. The molecule has 4 nitrogen and oxygen atoms in total. The third-order valence-corrected chi connectivity index (χ3v) is 3.59. The van der Waals surface area contributed by atoms with Crippen molar-refractivity contribution < 1.29 is 27.5 Å². The van der Waals surface area contributed by atoms with Gasteiger partial charge in [-0.2, -0.15) is 13.2 Å². The minimum atomic E-state index is -4.91. The topological polar surface area (TPSA) is 46.6 Å². The Morgan fingerprint density at radius 1 is 1.25 bits per heavy atom. The first kappa shape index (κ1) is 16.8. The average Bonchev–Trinajstić information content (AvgIpc) is 2.42. The van der Waals surface area contributed by atoms with Gasteiger partial charge in [0.2, 0.25) is 0 Å². The van der Waals surface area contributed by atoms with Crippen molar-refractivity contribution in [3.8, 4) is 0 Å². The van der Waals surface area contributed by atoms with E-state index >= 15 is 0 Å². The SMILES string of the molecule is COC(=O)C(C)CN(C(=O)C(F)(F)F)C1CCCCC1. The standard InChI is InChI=1S/C13H20F3NO3/c1-9(11(18)20-2)8-17(12(19)13(14,15)16)10-6-4-3-5-7-10/h9-10H,3-8H2,1-2H3. The van der Waals surface area contributed by atoms with Gasteiger partial charge < -0.3 is 9.64 Å². The number of rotatable bonds is 4. The van der Waals surface area contributed by atoms with Gasteiger partial charge in [0.1, 0.15) is 0 Å². The predicted octanol–water partition coefficient (Wildman–Crippen LogP) is 2.52. The fraction of sp³-hybridized carbons (Fsp3) is 0.846. The summed E-state index contributed by atoms with van der Waals surface area (Å²) in [7, 11) is 1.18. The van der Waals surface area contributed by atoms with Crippen molar-refractivity contribution in [3.63, 3.8) is 0 Å². The fourth-order valence-electron chi connectivity index (χ4n) is 2.52. The Kier molecular flexibility index (Phi) is 5.83. The van der Waals surface area contributed by atoms with E-state index in [9.17, 15) is 22.8 Å². The van der Waals surface area contributed by atoms with Crippen LogP contribution in [0.25, 0.3) is 0 Å². The number of ether oxygens (including phenoxy) is 1. The van der Waals surface area contributed by atoms with Crippen LogP contribution in [-0.2, 0) is 14.3 Å². The second kappa shape index (κ2) is 6.95. The van der Waals surface area contributed by atoms with Crippen molar-refractivity contribution in [2.24, 2.45) is 5.92 Å². The van der Waals surface area contributed by atoms with E-state index in [-0.39, 0.29) is 6.54 Å². The van der Waals surface area contributed by atoms with Gasteiger partial charge in [0.15, 0.2) is 0 Å². The average molecular weight is 295 g/mol. The van der Waals surface area contributed by atoms with Crippen LogP contribution in [0, 0.1) is 5.92 Å². The normalized spacial score (nSPS) is 18.4. The monoisotopic (exact) mass is 295 g/mol. The summed E-state index contributed by atoms with van der Waals surface area (Å²) >= 11 is 0. The summed E-state index contributed by atoms with van der Waals surface area (Å²) in [5.41, 5.74) is 0. The lowest BCUT2D eigenvalue weighted by Gasteiger charge is -2.35. The molecular weight excluding hydrogens is 275 g/mol. The maximum Gasteiger partial charge on any atom is 0.471 e. The molecule has 0 bridgehead atoms. The molecule has 116 valence electrons. The number of carbonyl (C=O) groups is 2. The highest BCUT2D eigenvalue weighted by atomic mass is 19.4. The summed E-state index contributed by atoms with van der Waals surface area (Å²) < 4.78 is 42.5. The molecule has 0 spiro atoms. The first-order valence-corrected chi connectivity index (χ1v) is 6.73. The second-order valence-corrected chi connectivity index (χ2v) is 5.17. The first-order valence-electron chi connectivity index (χ1n) is 6.73. The zero-order valence-corrected chi connectivity index (χ0v) is 11.7. The molecule has 1 fully saturated rings. The summed E-state index contributed by atoms with van der Waals surface area (Å²) in [5.74, 6) is -3.24. The van der Waals surface area contributed by atoms with Crippen molar-refractivity contribution in [1.29, 1.82) is 0 Å². The van der Waals surface area contributed by atoms with Crippen LogP contribution in [-0.4, -0.2) is 42.6 Å². The van der Waals surface area contributed by atoms with Gasteiger partial charge in [-0.05, 0) is 12.8 Å². The summed E-state index contributed by atoms with van der Waals surface area (Å²) in [5, 5.41) is 0. The summed E-state index contributed by atoms with van der Waals surface area (Å²) in [6.07, 6.45) is -1.23. The molecule has 0 N–H and O–H groups in total. The maximum absolute atomic E-state index is 12.7. The number of nitrogens with zero attached hydrogens (tertiary/aromatic N) is 1. The third-order valence-electron chi connectivity index (χ3n) is 3.59. The van der Waals surface area contributed by atoms with Crippen LogP contribution in [0.4, 0.5) is 13.2 Å². The van der Waals surface area contributed by atoms with Gasteiger partial charge in [-0.1, -0.05) is 26.2 Å². The summed E-state index contributed by atoms with van der Waals surface area (Å²) in [4.78, 5) is 23.7. The Bertz CT molecular complexity index is 351. The largest absolute Gasteiger partial charge is 0.471 e. The Hall–Kier alpha value is -1.27. The quantitative estimate of drug-likeness (QED) is 0.749. The van der Waals surface area contributed by atoms with Gasteiger partial charge in [-0.3, -0.25) is 9.59 Å². The van der Waals surface area contributed by atoms with E-state index in [2.05, 4.69) is 4.74 Å². The van der Waals surface area contributed by atoms with Crippen molar-refractivity contribution in [2.45, 2.75) is 51.2 Å². The first-order chi connectivity index (χ1) is 9.27. The molecule has 1 amide bonds. The maximum atomic E-state index is 12.7. The molecule has 1 rings (SSSR count). The molecule has 1 aliphatic rings. The van der Waals surface area contributed by atoms with Crippen LogP contribution >= 0.6 is 0 Å². The molecule has 7 heteroatoms. The van der Waals surface area contributed by atoms with Gasteiger partial charge in [0, 0.05) is 12.6 Å². The smallest absolute Gasteiger partial charge is 0.469 e. The Balaban J connectivity index is 2.83. The van der Waals surface area contributed by atoms with Crippen LogP contribution in [0.5, 0.6) is 0 Å². The molecule has 1 unspecified atom stereocenters.